The molecule has 3 nitrogen and oxygen atoms in total. The predicted octanol–water partition coefficient (Wildman–Crippen LogP) is 2.55. The largest absolute Gasteiger partial charge is 0.508 e. The molecular formula is C14H17NO2. The molecule has 0 spiro atoms. The molecule has 1 aromatic carbocycles. The molecule has 0 aromatic heterocycles. The number of aromatic hydroxyl groups is 1. The number of phenols is 1. The first kappa shape index (κ1) is 11.7. The van der Waals surface area contributed by atoms with Crippen LogP contribution in [-0.4, -0.2) is 17.6 Å². The molecule has 90 valence electrons. The lowest BCUT2D eigenvalue weighted by molar-refractivity contribution is -0.117. The number of rotatable bonds is 2. The topological polar surface area (TPSA) is 40.5 Å². The number of amides is 1. The van der Waals surface area contributed by atoms with Gasteiger partial charge in [-0.25, -0.2) is 0 Å². The Balaban J connectivity index is 2.41. The van der Waals surface area contributed by atoms with Crippen LogP contribution < -0.4 is 4.90 Å². The fraction of sp³-hybridized carbons (Fsp3) is 0.357. The fourth-order valence-electron chi connectivity index (χ4n) is 2.47. The Morgan fingerprint density at radius 1 is 1.41 bits per heavy atom. The Bertz CT molecular complexity index is 456. The Kier molecular flexibility index (Phi) is 2.92. The third-order valence-corrected chi connectivity index (χ3v) is 3.23. The molecule has 1 saturated heterocycles. The molecule has 1 aromatic rings. The molecule has 0 aliphatic carbocycles. The molecule has 2 rings (SSSR count). The summed E-state index contributed by atoms with van der Waals surface area (Å²) in [6.07, 6.45) is 2.37. The van der Waals surface area contributed by atoms with Gasteiger partial charge in [-0.05, 0) is 37.1 Å². The highest BCUT2D eigenvalue weighted by atomic mass is 16.3. The first-order valence-electron chi connectivity index (χ1n) is 5.76. The van der Waals surface area contributed by atoms with Gasteiger partial charge in [0.2, 0.25) is 5.91 Å². The second-order valence-corrected chi connectivity index (χ2v) is 4.63. The molecule has 0 bridgehead atoms. The summed E-state index contributed by atoms with van der Waals surface area (Å²) in [7, 11) is 0. The number of hydrogen-bond acceptors (Lipinski definition) is 2. The number of nitrogens with zero attached hydrogens (tertiary/aromatic N) is 1. The van der Waals surface area contributed by atoms with Crippen molar-refractivity contribution in [1.82, 2.24) is 0 Å². The molecule has 1 unspecified atom stereocenters. The van der Waals surface area contributed by atoms with E-state index in [-0.39, 0.29) is 17.6 Å². The van der Waals surface area contributed by atoms with E-state index in [1.807, 2.05) is 19.9 Å². The number of hydrogen-bond donors (Lipinski definition) is 1. The van der Waals surface area contributed by atoms with Crippen LogP contribution in [0.15, 0.2) is 24.8 Å². The Morgan fingerprint density at radius 3 is 2.47 bits per heavy atom. The first-order chi connectivity index (χ1) is 8.02. The van der Waals surface area contributed by atoms with Gasteiger partial charge < -0.3 is 10.0 Å². The normalized spacial score (nSPS) is 19.8. The minimum absolute atomic E-state index is 0.131. The number of aryl methyl sites for hydroxylation is 2. The number of benzene rings is 1. The summed E-state index contributed by atoms with van der Waals surface area (Å²) in [4.78, 5) is 13.8. The van der Waals surface area contributed by atoms with Crippen molar-refractivity contribution in [2.45, 2.75) is 20.3 Å². The number of anilines is 1. The second kappa shape index (κ2) is 4.24. The van der Waals surface area contributed by atoms with Gasteiger partial charge >= 0.3 is 0 Å². The Hall–Kier alpha value is -1.77. The Labute approximate surface area is 101 Å². The molecule has 0 saturated carbocycles. The van der Waals surface area contributed by atoms with E-state index in [2.05, 4.69) is 6.58 Å². The average molecular weight is 231 g/mol. The third-order valence-electron chi connectivity index (χ3n) is 3.23. The minimum Gasteiger partial charge on any atom is -0.508 e. The van der Waals surface area contributed by atoms with Gasteiger partial charge in [0.05, 0.1) is 0 Å². The van der Waals surface area contributed by atoms with E-state index in [4.69, 9.17) is 0 Å². The lowest BCUT2D eigenvalue weighted by Gasteiger charge is -2.21. The maximum atomic E-state index is 11.9. The highest BCUT2D eigenvalue weighted by molar-refractivity contribution is 5.97. The molecule has 1 heterocycles. The SMILES string of the molecule is C=CC1CC(=O)N(c2c(C)cc(O)cc2C)C1. The summed E-state index contributed by atoms with van der Waals surface area (Å²) < 4.78 is 0. The van der Waals surface area contributed by atoms with Crippen molar-refractivity contribution in [3.8, 4) is 5.75 Å². The third kappa shape index (κ3) is 2.05. The van der Waals surface area contributed by atoms with Crippen molar-refractivity contribution in [3.05, 3.63) is 35.9 Å². The summed E-state index contributed by atoms with van der Waals surface area (Å²) in [6, 6.07) is 3.38. The maximum Gasteiger partial charge on any atom is 0.227 e. The van der Waals surface area contributed by atoms with Crippen molar-refractivity contribution >= 4 is 11.6 Å². The molecule has 1 fully saturated rings. The lowest BCUT2D eigenvalue weighted by atomic mass is 10.1. The van der Waals surface area contributed by atoms with Crippen LogP contribution in [0.3, 0.4) is 0 Å². The molecule has 1 amide bonds. The summed E-state index contributed by atoms with van der Waals surface area (Å²) in [5.74, 6) is 0.609. The number of carbonyl (C=O) groups excluding carboxylic acids is 1. The van der Waals surface area contributed by atoms with E-state index in [9.17, 15) is 9.90 Å². The zero-order valence-corrected chi connectivity index (χ0v) is 10.2. The lowest BCUT2D eigenvalue weighted by Crippen LogP contribution is -2.26. The van der Waals surface area contributed by atoms with E-state index in [0.29, 0.717) is 13.0 Å². The van der Waals surface area contributed by atoms with Crippen LogP contribution in [0.2, 0.25) is 0 Å². The quantitative estimate of drug-likeness (QED) is 0.795. The monoisotopic (exact) mass is 231 g/mol. The van der Waals surface area contributed by atoms with E-state index in [1.165, 1.54) is 0 Å². The van der Waals surface area contributed by atoms with Crippen molar-refractivity contribution in [3.63, 3.8) is 0 Å². The van der Waals surface area contributed by atoms with Crippen LogP contribution >= 0.6 is 0 Å². The van der Waals surface area contributed by atoms with E-state index in [1.54, 1.807) is 17.0 Å². The standard InChI is InChI=1S/C14H17NO2/c1-4-11-7-13(17)15(8-11)14-9(2)5-12(16)6-10(14)3/h4-6,11,16H,1,7-8H2,2-3H3. The van der Waals surface area contributed by atoms with Crippen molar-refractivity contribution < 1.29 is 9.90 Å². The van der Waals surface area contributed by atoms with Gasteiger partial charge in [-0.1, -0.05) is 6.08 Å². The van der Waals surface area contributed by atoms with E-state index in [0.717, 1.165) is 16.8 Å². The van der Waals surface area contributed by atoms with E-state index < -0.39 is 0 Å². The minimum atomic E-state index is 0.131. The second-order valence-electron chi connectivity index (χ2n) is 4.63. The predicted molar refractivity (Wildman–Crippen MR) is 68.2 cm³/mol. The summed E-state index contributed by atoms with van der Waals surface area (Å²) >= 11 is 0. The van der Waals surface area contributed by atoms with Crippen LogP contribution in [0.1, 0.15) is 17.5 Å². The summed E-state index contributed by atoms with van der Waals surface area (Å²) in [5, 5.41) is 9.51. The zero-order valence-electron chi connectivity index (χ0n) is 10.2. The molecular weight excluding hydrogens is 214 g/mol. The van der Waals surface area contributed by atoms with Gasteiger partial charge in [0.15, 0.2) is 0 Å². The molecule has 0 radical (unpaired) electrons. The van der Waals surface area contributed by atoms with Crippen LogP contribution in [0, 0.1) is 19.8 Å². The fourth-order valence-corrected chi connectivity index (χ4v) is 2.47. The van der Waals surface area contributed by atoms with Gasteiger partial charge in [-0.2, -0.15) is 0 Å². The zero-order chi connectivity index (χ0) is 12.6. The van der Waals surface area contributed by atoms with Crippen molar-refractivity contribution in [2.75, 3.05) is 11.4 Å². The molecule has 3 heteroatoms. The van der Waals surface area contributed by atoms with Gasteiger partial charge in [-0.3, -0.25) is 4.79 Å². The van der Waals surface area contributed by atoms with Crippen LogP contribution in [-0.2, 0) is 4.79 Å². The first-order valence-corrected chi connectivity index (χ1v) is 5.76. The number of carbonyl (C=O) groups is 1. The highest BCUT2D eigenvalue weighted by Gasteiger charge is 2.30. The van der Waals surface area contributed by atoms with Crippen molar-refractivity contribution in [1.29, 1.82) is 0 Å². The van der Waals surface area contributed by atoms with E-state index >= 15 is 0 Å². The summed E-state index contributed by atoms with van der Waals surface area (Å²) in [6.45, 7) is 8.26. The summed E-state index contributed by atoms with van der Waals surface area (Å²) in [5.41, 5.74) is 2.79. The molecule has 1 atom stereocenters. The molecule has 17 heavy (non-hydrogen) atoms. The smallest absolute Gasteiger partial charge is 0.227 e. The maximum absolute atomic E-state index is 11.9. The van der Waals surface area contributed by atoms with Crippen LogP contribution in [0.4, 0.5) is 5.69 Å². The molecule has 1 aliphatic rings. The highest BCUT2D eigenvalue weighted by Crippen LogP contribution is 2.33. The van der Waals surface area contributed by atoms with Gasteiger partial charge in [0.1, 0.15) is 5.75 Å². The average Bonchev–Trinajstić information content (AvgIpc) is 2.59. The van der Waals surface area contributed by atoms with Crippen LogP contribution in [0.25, 0.3) is 0 Å². The molecule has 1 aliphatic heterocycles. The Morgan fingerprint density at radius 2 is 2.00 bits per heavy atom. The van der Waals surface area contributed by atoms with Crippen LogP contribution in [0.5, 0.6) is 5.75 Å². The van der Waals surface area contributed by atoms with Gasteiger partial charge in [0, 0.05) is 24.6 Å². The molecule has 1 N–H and O–H groups in total. The van der Waals surface area contributed by atoms with Crippen molar-refractivity contribution in [2.24, 2.45) is 5.92 Å². The van der Waals surface area contributed by atoms with Gasteiger partial charge in [-0.15, -0.1) is 6.58 Å². The number of phenolic OH excluding ortho intramolecular Hbond substituents is 1. The van der Waals surface area contributed by atoms with Gasteiger partial charge in [0.25, 0.3) is 0 Å².